The van der Waals surface area contributed by atoms with Gasteiger partial charge < -0.3 is 25.8 Å². The lowest BCUT2D eigenvalue weighted by Gasteiger charge is -2.27. The summed E-state index contributed by atoms with van der Waals surface area (Å²) in [6, 6.07) is 14.0. The number of fused-ring (bicyclic) bond motifs is 1. The van der Waals surface area contributed by atoms with E-state index in [-0.39, 0.29) is 12.5 Å². The molecule has 32 heavy (non-hydrogen) atoms. The van der Waals surface area contributed by atoms with Crippen LogP contribution in [0.15, 0.2) is 42.5 Å². The summed E-state index contributed by atoms with van der Waals surface area (Å²) in [7, 11) is 0. The van der Waals surface area contributed by atoms with Crippen LogP contribution in [-0.2, 0) is 4.79 Å². The molecule has 1 amide bonds. The van der Waals surface area contributed by atoms with Crippen molar-refractivity contribution in [2.75, 3.05) is 39.3 Å². The molecule has 0 radical (unpaired) electrons. The van der Waals surface area contributed by atoms with Crippen molar-refractivity contribution in [1.29, 1.82) is 0 Å². The van der Waals surface area contributed by atoms with E-state index in [9.17, 15) is 9.90 Å². The maximum Gasteiger partial charge on any atom is 0.223 e. The molecule has 1 aliphatic rings. The minimum atomic E-state index is -0.643. The monoisotopic (exact) mass is 441 g/mol. The highest BCUT2D eigenvalue weighted by atomic mass is 16.5. The number of amides is 1. The van der Waals surface area contributed by atoms with Crippen molar-refractivity contribution in [3.63, 3.8) is 0 Å². The van der Waals surface area contributed by atoms with Gasteiger partial charge in [-0.05, 0) is 30.2 Å². The summed E-state index contributed by atoms with van der Waals surface area (Å²) in [5.74, 6) is 1.52. The Kier molecular flexibility index (Phi) is 10.3. The van der Waals surface area contributed by atoms with Gasteiger partial charge in [0.15, 0.2) is 0 Å². The number of carbonyl (C=O) groups is 1. The van der Waals surface area contributed by atoms with Crippen LogP contribution >= 0.6 is 0 Å². The van der Waals surface area contributed by atoms with Crippen molar-refractivity contribution in [3.8, 4) is 5.75 Å². The molecule has 6 nitrogen and oxygen atoms in total. The van der Waals surface area contributed by atoms with Crippen LogP contribution in [0.2, 0.25) is 0 Å². The third kappa shape index (κ3) is 7.76. The molecular weight excluding hydrogens is 402 g/mol. The number of hydrogen-bond donors (Lipinski definition) is 3. The molecule has 6 heteroatoms. The molecule has 2 aromatic carbocycles. The number of carbonyl (C=O) groups excluding carboxylic acids is 1. The van der Waals surface area contributed by atoms with Crippen LogP contribution in [0.5, 0.6) is 5.75 Å². The second-order valence-corrected chi connectivity index (χ2v) is 8.88. The number of nitrogens with zero attached hydrogens (tertiary/aromatic N) is 1. The predicted octanol–water partition coefficient (Wildman–Crippen LogP) is 3.32. The molecule has 1 aliphatic carbocycles. The molecule has 0 heterocycles. The number of aliphatic hydroxyl groups is 1. The summed E-state index contributed by atoms with van der Waals surface area (Å²) in [6.45, 7) is 3.08. The number of rotatable bonds is 12. The molecule has 4 N–H and O–H groups in total. The van der Waals surface area contributed by atoms with E-state index in [0.29, 0.717) is 38.5 Å². The topological polar surface area (TPSA) is 87.8 Å². The Balaban J connectivity index is 1.36. The average molecular weight is 442 g/mol. The molecule has 1 saturated carbocycles. The van der Waals surface area contributed by atoms with Gasteiger partial charge in [-0.15, -0.1) is 0 Å². The zero-order valence-corrected chi connectivity index (χ0v) is 19.2. The highest BCUT2D eigenvalue weighted by Crippen LogP contribution is 2.25. The molecule has 2 aromatic rings. The first-order valence-corrected chi connectivity index (χ1v) is 12.1. The number of benzene rings is 2. The van der Waals surface area contributed by atoms with Gasteiger partial charge >= 0.3 is 0 Å². The largest absolute Gasteiger partial charge is 0.490 e. The lowest BCUT2D eigenvalue weighted by atomic mass is 9.99. The third-order valence-corrected chi connectivity index (χ3v) is 6.28. The Morgan fingerprint density at radius 2 is 1.88 bits per heavy atom. The molecule has 1 unspecified atom stereocenters. The normalized spacial score (nSPS) is 15.9. The van der Waals surface area contributed by atoms with E-state index in [4.69, 9.17) is 10.5 Å². The van der Waals surface area contributed by atoms with Gasteiger partial charge in [0.2, 0.25) is 5.91 Å². The van der Waals surface area contributed by atoms with Gasteiger partial charge in [-0.3, -0.25) is 4.79 Å². The van der Waals surface area contributed by atoms with Crippen molar-refractivity contribution >= 4 is 16.7 Å². The minimum Gasteiger partial charge on any atom is -0.490 e. The van der Waals surface area contributed by atoms with E-state index in [1.54, 1.807) is 0 Å². The standard InChI is InChI=1S/C26H39N3O3/c27-15-17-29(19-21-8-3-1-2-4-9-21)26(31)14-16-28-18-23(30)20-32-25-13-7-11-22-10-5-6-12-24(22)25/h5-7,10-13,21,23,28,30H,1-4,8-9,14-20,27H2. The van der Waals surface area contributed by atoms with E-state index in [1.165, 1.54) is 38.5 Å². The maximum absolute atomic E-state index is 12.7. The van der Waals surface area contributed by atoms with Gasteiger partial charge in [-0.1, -0.05) is 62.1 Å². The summed E-state index contributed by atoms with van der Waals surface area (Å²) in [5.41, 5.74) is 5.76. The van der Waals surface area contributed by atoms with Gasteiger partial charge in [0.25, 0.3) is 0 Å². The quantitative estimate of drug-likeness (QED) is 0.347. The number of hydrogen-bond acceptors (Lipinski definition) is 5. The molecular formula is C26H39N3O3. The Morgan fingerprint density at radius 3 is 2.66 bits per heavy atom. The molecule has 0 aliphatic heterocycles. The Hall–Kier alpha value is -2.15. The van der Waals surface area contributed by atoms with E-state index >= 15 is 0 Å². The van der Waals surface area contributed by atoms with Gasteiger partial charge in [-0.2, -0.15) is 0 Å². The minimum absolute atomic E-state index is 0.147. The summed E-state index contributed by atoms with van der Waals surface area (Å²) < 4.78 is 5.85. The van der Waals surface area contributed by atoms with Crippen LogP contribution in [0.4, 0.5) is 0 Å². The van der Waals surface area contributed by atoms with E-state index in [2.05, 4.69) is 5.32 Å². The van der Waals surface area contributed by atoms with Crippen LogP contribution in [0.3, 0.4) is 0 Å². The SMILES string of the molecule is NCCN(CC1CCCCCC1)C(=O)CCNCC(O)COc1cccc2ccccc12. The van der Waals surface area contributed by atoms with Crippen molar-refractivity contribution < 1.29 is 14.6 Å². The van der Waals surface area contributed by atoms with E-state index in [0.717, 1.165) is 23.1 Å². The van der Waals surface area contributed by atoms with E-state index < -0.39 is 6.10 Å². The lowest BCUT2D eigenvalue weighted by Crippen LogP contribution is -2.40. The lowest BCUT2D eigenvalue weighted by molar-refractivity contribution is -0.131. The van der Waals surface area contributed by atoms with Gasteiger partial charge in [0, 0.05) is 44.5 Å². The number of nitrogens with one attached hydrogen (secondary N) is 1. The van der Waals surface area contributed by atoms with Gasteiger partial charge in [0.1, 0.15) is 18.5 Å². The first-order valence-electron chi connectivity index (χ1n) is 12.1. The Morgan fingerprint density at radius 1 is 1.12 bits per heavy atom. The summed E-state index contributed by atoms with van der Waals surface area (Å²) in [6.07, 6.45) is 7.39. The van der Waals surface area contributed by atoms with Crippen molar-refractivity contribution in [1.82, 2.24) is 10.2 Å². The van der Waals surface area contributed by atoms with Crippen LogP contribution < -0.4 is 15.8 Å². The molecule has 0 aromatic heterocycles. The van der Waals surface area contributed by atoms with Crippen molar-refractivity contribution in [3.05, 3.63) is 42.5 Å². The first kappa shape index (κ1) is 24.5. The summed E-state index contributed by atoms with van der Waals surface area (Å²) in [4.78, 5) is 14.7. The van der Waals surface area contributed by atoms with Crippen LogP contribution in [-0.4, -0.2) is 61.3 Å². The average Bonchev–Trinajstić information content (AvgIpc) is 3.08. The van der Waals surface area contributed by atoms with Crippen LogP contribution in [0.25, 0.3) is 10.8 Å². The third-order valence-electron chi connectivity index (χ3n) is 6.28. The molecule has 0 spiro atoms. The molecule has 176 valence electrons. The van der Waals surface area contributed by atoms with E-state index in [1.807, 2.05) is 47.4 Å². The Bertz CT molecular complexity index is 816. The van der Waals surface area contributed by atoms with Crippen LogP contribution in [0, 0.1) is 5.92 Å². The summed E-state index contributed by atoms with van der Waals surface area (Å²) >= 11 is 0. The molecule has 3 rings (SSSR count). The number of aliphatic hydroxyl groups excluding tert-OH is 1. The zero-order chi connectivity index (χ0) is 22.6. The molecule has 1 atom stereocenters. The van der Waals surface area contributed by atoms with Gasteiger partial charge in [0.05, 0.1) is 0 Å². The molecule has 1 fully saturated rings. The fourth-order valence-electron chi connectivity index (χ4n) is 4.52. The fourth-order valence-corrected chi connectivity index (χ4v) is 4.52. The molecule has 0 bridgehead atoms. The van der Waals surface area contributed by atoms with Crippen molar-refractivity contribution in [2.45, 2.75) is 51.0 Å². The second kappa shape index (κ2) is 13.4. The Labute approximate surface area is 192 Å². The zero-order valence-electron chi connectivity index (χ0n) is 19.2. The fraction of sp³-hybridized carbons (Fsp3) is 0.577. The first-order chi connectivity index (χ1) is 15.7. The highest BCUT2D eigenvalue weighted by Gasteiger charge is 2.19. The van der Waals surface area contributed by atoms with Gasteiger partial charge in [-0.25, -0.2) is 0 Å². The molecule has 0 saturated heterocycles. The van der Waals surface area contributed by atoms with Crippen LogP contribution in [0.1, 0.15) is 44.9 Å². The van der Waals surface area contributed by atoms with Crippen molar-refractivity contribution in [2.24, 2.45) is 11.7 Å². The number of nitrogens with two attached hydrogens (primary N) is 1. The maximum atomic E-state index is 12.7. The summed E-state index contributed by atoms with van der Waals surface area (Å²) in [5, 5.41) is 15.6. The second-order valence-electron chi connectivity index (χ2n) is 8.88. The smallest absolute Gasteiger partial charge is 0.223 e. The highest BCUT2D eigenvalue weighted by molar-refractivity contribution is 5.88. The number of ether oxygens (including phenoxy) is 1. The predicted molar refractivity (Wildman–Crippen MR) is 130 cm³/mol.